The molecule has 0 atom stereocenters. The minimum absolute atomic E-state index is 0.0251. The van der Waals surface area contributed by atoms with E-state index in [1.165, 1.54) is 31.4 Å². The van der Waals surface area contributed by atoms with Crippen LogP contribution in [-0.2, 0) is 4.79 Å². The quantitative estimate of drug-likeness (QED) is 0.764. The molecule has 166 valence electrons. The summed E-state index contributed by atoms with van der Waals surface area (Å²) in [7, 11) is 1.59. The van der Waals surface area contributed by atoms with Crippen LogP contribution < -0.4 is 19.9 Å². The number of anilines is 3. The SMILES string of the molecule is COc1cncc(N2CCN(CC(=O)Nc3ccc(N4CCCCCC4)cc3)CC2)n1. The van der Waals surface area contributed by atoms with E-state index in [2.05, 4.69) is 42.1 Å². The Morgan fingerprint density at radius 3 is 2.32 bits per heavy atom. The van der Waals surface area contributed by atoms with Crippen molar-refractivity contribution in [2.45, 2.75) is 25.7 Å². The zero-order valence-electron chi connectivity index (χ0n) is 18.3. The molecule has 0 unspecified atom stereocenters. The molecule has 2 aliphatic heterocycles. The van der Waals surface area contributed by atoms with Gasteiger partial charge < -0.3 is 19.9 Å². The first-order valence-electron chi connectivity index (χ1n) is 11.2. The van der Waals surface area contributed by atoms with Gasteiger partial charge in [-0.3, -0.25) is 14.7 Å². The normalized spacial score (nSPS) is 17.8. The number of hydrogen-bond acceptors (Lipinski definition) is 7. The molecule has 8 nitrogen and oxygen atoms in total. The first-order valence-corrected chi connectivity index (χ1v) is 11.2. The summed E-state index contributed by atoms with van der Waals surface area (Å²) < 4.78 is 5.16. The summed E-state index contributed by atoms with van der Waals surface area (Å²) in [5.74, 6) is 1.35. The summed E-state index contributed by atoms with van der Waals surface area (Å²) in [6.45, 7) is 5.86. The van der Waals surface area contributed by atoms with E-state index < -0.39 is 0 Å². The lowest BCUT2D eigenvalue weighted by atomic mass is 10.2. The van der Waals surface area contributed by atoms with Gasteiger partial charge in [-0.25, -0.2) is 0 Å². The molecule has 0 saturated carbocycles. The number of methoxy groups -OCH3 is 1. The highest BCUT2D eigenvalue weighted by Crippen LogP contribution is 2.22. The Kier molecular flexibility index (Phi) is 7.19. The van der Waals surface area contributed by atoms with Crippen molar-refractivity contribution in [3.05, 3.63) is 36.7 Å². The summed E-state index contributed by atoms with van der Waals surface area (Å²) in [6.07, 6.45) is 8.52. The third kappa shape index (κ3) is 5.85. The molecular formula is C23H32N6O2. The number of hydrogen-bond donors (Lipinski definition) is 1. The lowest BCUT2D eigenvalue weighted by molar-refractivity contribution is -0.117. The maximum Gasteiger partial charge on any atom is 0.238 e. The number of amides is 1. The number of carbonyl (C=O) groups is 1. The van der Waals surface area contributed by atoms with E-state index in [0.29, 0.717) is 12.4 Å². The van der Waals surface area contributed by atoms with Crippen LogP contribution in [0.15, 0.2) is 36.7 Å². The minimum Gasteiger partial charge on any atom is -0.480 e. The largest absolute Gasteiger partial charge is 0.480 e. The summed E-state index contributed by atoms with van der Waals surface area (Å²) in [4.78, 5) is 27.9. The van der Waals surface area contributed by atoms with Gasteiger partial charge in [-0.15, -0.1) is 0 Å². The molecule has 4 rings (SSSR count). The molecule has 1 N–H and O–H groups in total. The highest BCUT2D eigenvalue weighted by molar-refractivity contribution is 5.92. The average Bonchev–Trinajstić information content (AvgIpc) is 3.10. The van der Waals surface area contributed by atoms with Crippen LogP contribution >= 0.6 is 0 Å². The summed E-state index contributed by atoms with van der Waals surface area (Å²) in [6, 6.07) is 8.26. The number of ether oxygens (including phenoxy) is 1. The van der Waals surface area contributed by atoms with Crippen molar-refractivity contribution in [3.8, 4) is 5.88 Å². The Balaban J connectivity index is 1.24. The molecule has 2 saturated heterocycles. The van der Waals surface area contributed by atoms with Crippen LogP contribution in [0.5, 0.6) is 5.88 Å². The number of benzene rings is 1. The van der Waals surface area contributed by atoms with Gasteiger partial charge >= 0.3 is 0 Å². The van der Waals surface area contributed by atoms with E-state index in [1.54, 1.807) is 19.5 Å². The fraction of sp³-hybridized carbons (Fsp3) is 0.522. The van der Waals surface area contributed by atoms with Crippen molar-refractivity contribution in [1.29, 1.82) is 0 Å². The fourth-order valence-corrected chi connectivity index (χ4v) is 4.21. The molecule has 1 amide bonds. The average molecular weight is 425 g/mol. The van der Waals surface area contributed by atoms with Gasteiger partial charge in [0.2, 0.25) is 11.8 Å². The zero-order valence-corrected chi connectivity index (χ0v) is 18.3. The van der Waals surface area contributed by atoms with Gasteiger partial charge in [0.05, 0.1) is 26.0 Å². The molecule has 0 bridgehead atoms. The third-order valence-corrected chi connectivity index (χ3v) is 5.99. The van der Waals surface area contributed by atoms with E-state index in [1.807, 2.05) is 12.1 Å². The maximum absolute atomic E-state index is 12.5. The molecule has 1 aromatic heterocycles. The van der Waals surface area contributed by atoms with Crippen LogP contribution in [0.1, 0.15) is 25.7 Å². The molecule has 1 aromatic carbocycles. The highest BCUT2D eigenvalue weighted by atomic mass is 16.5. The van der Waals surface area contributed by atoms with Crippen molar-refractivity contribution >= 4 is 23.1 Å². The Morgan fingerprint density at radius 1 is 0.935 bits per heavy atom. The molecule has 2 fully saturated rings. The lowest BCUT2D eigenvalue weighted by Gasteiger charge is -2.34. The molecule has 31 heavy (non-hydrogen) atoms. The molecule has 0 spiro atoms. The Morgan fingerprint density at radius 2 is 1.65 bits per heavy atom. The fourth-order valence-electron chi connectivity index (χ4n) is 4.21. The zero-order chi connectivity index (χ0) is 21.5. The Bertz CT molecular complexity index is 843. The van der Waals surface area contributed by atoms with E-state index in [9.17, 15) is 4.79 Å². The van der Waals surface area contributed by atoms with Crippen LogP contribution in [0.25, 0.3) is 0 Å². The second kappa shape index (κ2) is 10.4. The highest BCUT2D eigenvalue weighted by Gasteiger charge is 2.20. The Hall–Kier alpha value is -2.87. The molecule has 0 aliphatic carbocycles. The summed E-state index contributed by atoms with van der Waals surface area (Å²) in [5, 5.41) is 3.04. The van der Waals surface area contributed by atoms with Gasteiger partial charge in [-0.2, -0.15) is 4.98 Å². The van der Waals surface area contributed by atoms with E-state index in [4.69, 9.17) is 4.74 Å². The van der Waals surface area contributed by atoms with Crippen LogP contribution in [0.4, 0.5) is 17.2 Å². The van der Waals surface area contributed by atoms with Gasteiger partial charge in [0.15, 0.2) is 5.82 Å². The second-order valence-corrected chi connectivity index (χ2v) is 8.18. The van der Waals surface area contributed by atoms with Crippen LogP contribution in [0, 0.1) is 0 Å². The Labute approximate surface area is 184 Å². The number of aromatic nitrogens is 2. The molecular weight excluding hydrogens is 392 g/mol. The predicted octanol–water partition coefficient (Wildman–Crippen LogP) is 2.63. The minimum atomic E-state index is 0.0251. The number of piperazine rings is 1. The smallest absolute Gasteiger partial charge is 0.238 e. The van der Waals surface area contributed by atoms with E-state index in [0.717, 1.165) is 50.8 Å². The topological polar surface area (TPSA) is 73.8 Å². The van der Waals surface area contributed by atoms with Crippen molar-refractivity contribution in [3.63, 3.8) is 0 Å². The number of carbonyl (C=O) groups excluding carboxylic acids is 1. The molecule has 3 heterocycles. The number of rotatable bonds is 6. The second-order valence-electron chi connectivity index (χ2n) is 8.18. The van der Waals surface area contributed by atoms with Gasteiger partial charge in [0.25, 0.3) is 0 Å². The summed E-state index contributed by atoms with van der Waals surface area (Å²) in [5.41, 5.74) is 2.10. The van der Waals surface area contributed by atoms with Crippen molar-refractivity contribution in [2.75, 3.05) is 68.0 Å². The van der Waals surface area contributed by atoms with Gasteiger partial charge in [-0.05, 0) is 37.1 Å². The van der Waals surface area contributed by atoms with Gasteiger partial charge in [0.1, 0.15) is 0 Å². The number of nitrogens with zero attached hydrogens (tertiary/aromatic N) is 5. The standard InChI is InChI=1S/C23H32N6O2/c1-31-23-17-24-16-21(26-23)29-14-12-27(13-15-29)18-22(30)25-19-6-8-20(9-7-19)28-10-4-2-3-5-11-28/h6-9,16-17H,2-5,10-15,18H2,1H3,(H,25,30). The van der Waals surface area contributed by atoms with Gasteiger partial charge in [0, 0.05) is 50.6 Å². The van der Waals surface area contributed by atoms with Crippen LogP contribution in [-0.4, -0.2) is 73.7 Å². The van der Waals surface area contributed by atoms with E-state index in [-0.39, 0.29) is 5.91 Å². The third-order valence-electron chi connectivity index (χ3n) is 5.99. The number of nitrogens with one attached hydrogen (secondary N) is 1. The predicted molar refractivity (Wildman–Crippen MR) is 123 cm³/mol. The van der Waals surface area contributed by atoms with Crippen molar-refractivity contribution in [1.82, 2.24) is 14.9 Å². The van der Waals surface area contributed by atoms with Crippen molar-refractivity contribution < 1.29 is 9.53 Å². The van der Waals surface area contributed by atoms with Crippen molar-refractivity contribution in [2.24, 2.45) is 0 Å². The molecule has 2 aliphatic rings. The summed E-state index contributed by atoms with van der Waals surface area (Å²) >= 11 is 0. The maximum atomic E-state index is 12.5. The molecule has 2 aromatic rings. The van der Waals surface area contributed by atoms with Crippen LogP contribution in [0.3, 0.4) is 0 Å². The first kappa shape index (κ1) is 21.4. The van der Waals surface area contributed by atoms with E-state index >= 15 is 0 Å². The lowest BCUT2D eigenvalue weighted by Crippen LogP contribution is -2.49. The molecule has 0 radical (unpaired) electrons. The molecule has 8 heteroatoms. The van der Waals surface area contributed by atoms with Crippen LogP contribution in [0.2, 0.25) is 0 Å². The van der Waals surface area contributed by atoms with Gasteiger partial charge in [-0.1, -0.05) is 12.8 Å². The monoisotopic (exact) mass is 424 g/mol. The first-order chi connectivity index (χ1) is 15.2.